The first-order valence-electron chi connectivity index (χ1n) is 12.2. The number of nitrogens with zero attached hydrogens (tertiary/aromatic N) is 2. The standard InChI is InChI=1S/C28H31Cl2N3O4S2/c1-5-26(28(35)31-3)32(17-23-24(29)7-6-8-25(23)30)27(34)18-33(20-11-9-19(2)10-12-20)39(36,37)22-15-13-21(38-4)14-16-22/h6-16,26H,5,17-18H2,1-4H3,(H,31,35)/t26-/m1/s1. The fourth-order valence-electron chi connectivity index (χ4n) is 4.05. The fraction of sp³-hybridized carbons (Fsp3) is 0.286. The summed E-state index contributed by atoms with van der Waals surface area (Å²) in [5, 5.41) is 3.27. The molecule has 0 aliphatic rings. The highest BCUT2D eigenvalue weighted by Gasteiger charge is 2.34. The van der Waals surface area contributed by atoms with Crippen LogP contribution in [0, 0.1) is 6.92 Å². The summed E-state index contributed by atoms with van der Waals surface area (Å²) in [7, 11) is -2.66. The van der Waals surface area contributed by atoms with E-state index in [0.29, 0.717) is 27.7 Å². The number of likely N-dealkylation sites (N-methyl/N-ethyl adjacent to an activating group) is 1. The van der Waals surface area contributed by atoms with E-state index >= 15 is 0 Å². The Bertz CT molecular complexity index is 1400. The van der Waals surface area contributed by atoms with Crippen molar-refractivity contribution in [1.29, 1.82) is 0 Å². The first kappa shape index (κ1) is 30.8. The van der Waals surface area contributed by atoms with Crippen LogP contribution in [0.4, 0.5) is 5.69 Å². The third-order valence-corrected chi connectivity index (χ3v) is 9.51. The van der Waals surface area contributed by atoms with Gasteiger partial charge in [0.1, 0.15) is 12.6 Å². The van der Waals surface area contributed by atoms with E-state index < -0.39 is 28.5 Å². The molecule has 0 fully saturated rings. The quantitative estimate of drug-likeness (QED) is 0.279. The SMILES string of the molecule is CC[C@H](C(=O)NC)N(Cc1c(Cl)cccc1Cl)C(=O)CN(c1ccc(C)cc1)S(=O)(=O)c1ccc(SC)cc1. The van der Waals surface area contributed by atoms with Crippen molar-refractivity contribution in [2.75, 3.05) is 24.2 Å². The Hall–Kier alpha value is -2.72. The molecular formula is C28H31Cl2N3O4S2. The molecule has 1 N–H and O–H groups in total. The number of sulfonamides is 1. The fourth-order valence-corrected chi connectivity index (χ4v) is 6.39. The van der Waals surface area contributed by atoms with Crippen LogP contribution < -0.4 is 9.62 Å². The summed E-state index contributed by atoms with van der Waals surface area (Å²) in [4.78, 5) is 29.1. The highest BCUT2D eigenvalue weighted by molar-refractivity contribution is 7.98. The molecule has 0 unspecified atom stereocenters. The molecule has 0 saturated carbocycles. The number of nitrogens with one attached hydrogen (secondary N) is 1. The number of halogens is 2. The van der Waals surface area contributed by atoms with Crippen molar-refractivity contribution in [3.63, 3.8) is 0 Å². The van der Waals surface area contributed by atoms with Gasteiger partial charge in [-0.3, -0.25) is 13.9 Å². The molecule has 3 rings (SSSR count). The lowest BCUT2D eigenvalue weighted by atomic mass is 10.1. The third-order valence-electron chi connectivity index (χ3n) is 6.27. The number of hydrogen-bond acceptors (Lipinski definition) is 5. The van der Waals surface area contributed by atoms with Gasteiger partial charge in [0.15, 0.2) is 0 Å². The lowest BCUT2D eigenvalue weighted by Crippen LogP contribution is -2.51. The minimum atomic E-state index is -4.14. The molecule has 0 aliphatic carbocycles. The number of anilines is 1. The van der Waals surface area contributed by atoms with Crippen molar-refractivity contribution in [3.05, 3.63) is 87.9 Å². The van der Waals surface area contributed by atoms with E-state index in [9.17, 15) is 18.0 Å². The van der Waals surface area contributed by atoms with Crippen LogP contribution in [-0.2, 0) is 26.2 Å². The Balaban J connectivity index is 2.09. The minimum Gasteiger partial charge on any atom is -0.357 e. The minimum absolute atomic E-state index is 0.0488. The molecule has 0 bridgehead atoms. The second kappa shape index (κ2) is 13.6. The third kappa shape index (κ3) is 7.28. The largest absolute Gasteiger partial charge is 0.357 e. The van der Waals surface area contributed by atoms with Crippen molar-refractivity contribution >= 4 is 62.5 Å². The van der Waals surface area contributed by atoms with Gasteiger partial charge in [0, 0.05) is 34.1 Å². The molecule has 3 aromatic carbocycles. The Morgan fingerprint density at radius 3 is 2.08 bits per heavy atom. The van der Waals surface area contributed by atoms with Crippen LogP contribution in [0.2, 0.25) is 10.0 Å². The maximum absolute atomic E-state index is 14.0. The first-order valence-corrected chi connectivity index (χ1v) is 15.6. The molecule has 0 spiro atoms. The summed E-state index contributed by atoms with van der Waals surface area (Å²) in [5.41, 5.74) is 1.73. The summed E-state index contributed by atoms with van der Waals surface area (Å²) in [6.45, 7) is 3.05. The lowest BCUT2D eigenvalue weighted by Gasteiger charge is -2.33. The van der Waals surface area contributed by atoms with Gasteiger partial charge >= 0.3 is 0 Å². The monoisotopic (exact) mass is 607 g/mol. The second-order valence-corrected chi connectivity index (χ2v) is 12.3. The van der Waals surface area contributed by atoms with Crippen molar-refractivity contribution in [3.8, 4) is 0 Å². The van der Waals surface area contributed by atoms with Gasteiger partial charge in [-0.1, -0.05) is 53.9 Å². The van der Waals surface area contributed by atoms with Crippen LogP contribution in [-0.4, -0.2) is 51.0 Å². The summed E-state index contributed by atoms with van der Waals surface area (Å²) < 4.78 is 28.9. The van der Waals surface area contributed by atoms with Gasteiger partial charge < -0.3 is 10.2 Å². The van der Waals surface area contributed by atoms with Gasteiger partial charge in [-0.2, -0.15) is 0 Å². The van der Waals surface area contributed by atoms with Crippen LogP contribution in [0.15, 0.2) is 76.5 Å². The summed E-state index contributed by atoms with van der Waals surface area (Å²) >= 11 is 14.3. The van der Waals surface area contributed by atoms with E-state index in [-0.39, 0.29) is 17.3 Å². The Labute approximate surface area is 244 Å². The van der Waals surface area contributed by atoms with Crippen LogP contribution >= 0.6 is 35.0 Å². The molecule has 0 aliphatic heterocycles. The Morgan fingerprint density at radius 2 is 1.56 bits per heavy atom. The Morgan fingerprint density at radius 1 is 0.974 bits per heavy atom. The Kier molecular flexibility index (Phi) is 10.7. The summed E-state index contributed by atoms with van der Waals surface area (Å²) in [6, 6.07) is 17.4. The zero-order valence-electron chi connectivity index (χ0n) is 22.1. The van der Waals surface area contributed by atoms with E-state index in [2.05, 4.69) is 5.32 Å². The number of rotatable bonds is 11. The first-order chi connectivity index (χ1) is 18.5. The van der Waals surface area contributed by atoms with Crippen molar-refractivity contribution in [1.82, 2.24) is 10.2 Å². The summed E-state index contributed by atoms with van der Waals surface area (Å²) in [6.07, 6.45) is 2.19. The van der Waals surface area contributed by atoms with E-state index in [4.69, 9.17) is 23.2 Å². The van der Waals surface area contributed by atoms with Crippen LogP contribution in [0.3, 0.4) is 0 Å². The second-order valence-electron chi connectivity index (χ2n) is 8.78. The smallest absolute Gasteiger partial charge is 0.264 e. The van der Waals surface area contributed by atoms with Crippen molar-refractivity contribution in [2.24, 2.45) is 0 Å². The van der Waals surface area contributed by atoms with Gasteiger partial charge in [0.2, 0.25) is 11.8 Å². The zero-order chi connectivity index (χ0) is 28.7. The van der Waals surface area contributed by atoms with Gasteiger partial charge in [-0.15, -0.1) is 11.8 Å². The summed E-state index contributed by atoms with van der Waals surface area (Å²) in [5.74, 6) is -0.960. The molecule has 208 valence electrons. The van der Waals surface area contributed by atoms with Crippen LogP contribution in [0.5, 0.6) is 0 Å². The van der Waals surface area contributed by atoms with Crippen LogP contribution in [0.25, 0.3) is 0 Å². The number of carbonyl (C=O) groups is 2. The number of aryl methyl sites for hydroxylation is 1. The van der Waals surface area contributed by atoms with Gasteiger partial charge in [0.05, 0.1) is 10.6 Å². The molecular weight excluding hydrogens is 577 g/mol. The maximum atomic E-state index is 14.0. The molecule has 0 radical (unpaired) electrons. The maximum Gasteiger partial charge on any atom is 0.264 e. The number of amides is 2. The molecule has 7 nitrogen and oxygen atoms in total. The van der Waals surface area contributed by atoms with E-state index in [0.717, 1.165) is 14.8 Å². The molecule has 1 atom stereocenters. The average molecular weight is 609 g/mol. The normalized spacial score (nSPS) is 12.1. The molecule has 0 heterocycles. The van der Waals surface area contributed by atoms with Crippen molar-refractivity contribution in [2.45, 2.75) is 42.6 Å². The lowest BCUT2D eigenvalue weighted by molar-refractivity contribution is -0.140. The highest BCUT2D eigenvalue weighted by atomic mass is 35.5. The average Bonchev–Trinajstić information content (AvgIpc) is 2.93. The molecule has 11 heteroatoms. The van der Waals surface area contributed by atoms with Gasteiger partial charge in [-0.05, 0) is 68.1 Å². The molecule has 0 saturated heterocycles. The highest BCUT2D eigenvalue weighted by Crippen LogP contribution is 2.29. The number of thioether (sulfide) groups is 1. The molecule has 2 amide bonds. The van der Waals surface area contributed by atoms with Gasteiger partial charge in [0.25, 0.3) is 10.0 Å². The molecule has 3 aromatic rings. The molecule has 0 aromatic heterocycles. The molecule has 39 heavy (non-hydrogen) atoms. The van der Waals surface area contributed by atoms with E-state index in [1.54, 1.807) is 61.5 Å². The number of hydrogen-bond donors (Lipinski definition) is 1. The number of carbonyl (C=O) groups excluding carboxylic acids is 2. The van der Waals surface area contributed by atoms with Gasteiger partial charge in [-0.25, -0.2) is 8.42 Å². The van der Waals surface area contributed by atoms with Crippen LogP contribution in [0.1, 0.15) is 24.5 Å². The number of benzene rings is 3. The predicted molar refractivity (Wildman–Crippen MR) is 159 cm³/mol. The van der Waals surface area contributed by atoms with Crippen molar-refractivity contribution < 1.29 is 18.0 Å². The van der Waals surface area contributed by atoms with E-state index in [1.165, 1.54) is 35.8 Å². The predicted octanol–water partition coefficient (Wildman–Crippen LogP) is 5.77. The topological polar surface area (TPSA) is 86.8 Å². The zero-order valence-corrected chi connectivity index (χ0v) is 25.3. The van der Waals surface area contributed by atoms with E-state index in [1.807, 2.05) is 13.2 Å².